The normalized spacial score (nSPS) is 11.8. The Hall–Kier alpha value is -4.29. The van der Waals surface area contributed by atoms with E-state index >= 15 is 0 Å². The number of hydrogen-bond acceptors (Lipinski definition) is 0. The minimum atomic E-state index is -0.0911. The third kappa shape index (κ3) is 6.10. The Kier molecular flexibility index (Phi) is 11.5. The molecule has 0 heterocycles. The largest absolute Gasteiger partial charge is 0.113 e. The van der Waals surface area contributed by atoms with Crippen molar-refractivity contribution in [1.29, 1.82) is 0 Å². The van der Waals surface area contributed by atoms with Crippen molar-refractivity contribution in [2.45, 2.75) is 0 Å². The first-order chi connectivity index (χ1) is 31.0. The molecule has 0 spiro atoms. The van der Waals surface area contributed by atoms with Gasteiger partial charge in [0, 0.05) is 0 Å². The van der Waals surface area contributed by atoms with Crippen LogP contribution in [-0.4, -0.2) is 173 Å². The van der Waals surface area contributed by atoms with Gasteiger partial charge in [0.1, 0.15) is 173 Å². The van der Waals surface area contributed by atoms with Gasteiger partial charge in [-0.1, -0.05) is 102 Å². The topological polar surface area (TPSA) is 0 Å². The molecule has 9 aromatic rings. The van der Waals surface area contributed by atoms with Crippen molar-refractivity contribution in [3.63, 3.8) is 0 Å². The summed E-state index contributed by atoms with van der Waals surface area (Å²) in [5.41, 5.74) is 1.66. The van der Waals surface area contributed by atoms with Gasteiger partial charge in [-0.3, -0.25) is 0 Å². The fraction of sp³-hybridized carbons (Fsp3) is 0. The van der Waals surface area contributed by atoms with Gasteiger partial charge in [-0.05, 0) is 87.2 Å². The van der Waals surface area contributed by atoms with E-state index in [1.165, 1.54) is 0 Å². The summed E-state index contributed by atoms with van der Waals surface area (Å²) in [5.74, 6) is 0. The SMILES string of the molecule is [B]c1c([B])c([B])c2c(-c3ccc(-c4c5c([B])c([B])c([B])c([B])c5c(-c5c([B])c([B])c([B])c6c([B])c([B])c([B])c([B])c56)c5c([B])c([B])c([B])c([B])c45)c4ccccc34)c([B])c([B])c([B])c2c1[B]. The molecule has 0 N–H and O–H groups in total. The Labute approximate surface area is 413 Å². The average Bonchev–Trinajstić information content (AvgIpc) is 3.30. The lowest BCUT2D eigenvalue weighted by molar-refractivity contribution is 1.72. The van der Waals surface area contributed by atoms with Gasteiger partial charge in [0.05, 0.1) is 0 Å². The standard InChI is InChI=1S/C44H6B22/c45-23-12(16-21(31(53)35(23)57)33(55)43(65)39(61)26(16)48)10-6-5-9(7-3-1-2-4-8(7)10)11-14-17(28(50)40(62)37(59)24(14)46)13(18-15(11)25(47)38(60)41(63)29(18)51)19-20-22(32(54)36(58)27(19)49)34(56)44(66)42(64)30(20)52/h1-6H. The second kappa shape index (κ2) is 16.2. The second-order valence-corrected chi connectivity index (χ2v) is 16.3. The first-order valence-electron chi connectivity index (χ1n) is 19.8. The van der Waals surface area contributed by atoms with Gasteiger partial charge in [-0.25, -0.2) is 0 Å². The van der Waals surface area contributed by atoms with Crippen LogP contribution in [0, 0.1) is 0 Å². The molecule has 44 radical (unpaired) electrons. The van der Waals surface area contributed by atoms with Crippen LogP contribution in [0.3, 0.4) is 0 Å². The maximum atomic E-state index is 7.12. The van der Waals surface area contributed by atoms with Crippen LogP contribution in [0.2, 0.25) is 0 Å². The zero-order valence-electron chi connectivity index (χ0n) is 35.2. The van der Waals surface area contributed by atoms with Crippen molar-refractivity contribution in [1.82, 2.24) is 0 Å². The zero-order valence-corrected chi connectivity index (χ0v) is 35.2. The maximum Gasteiger partial charge on any atom is 0.113 e. The van der Waals surface area contributed by atoms with Crippen LogP contribution < -0.4 is 120 Å². The Morgan fingerprint density at radius 1 is 0.167 bits per heavy atom. The summed E-state index contributed by atoms with van der Waals surface area (Å²) >= 11 is 0. The molecular weight excluding hydrogens is 766 g/mol. The molecule has 0 fully saturated rings. The maximum absolute atomic E-state index is 7.12. The molecule has 0 bridgehead atoms. The molecule has 0 atom stereocenters. The molecule has 0 aromatic heterocycles. The van der Waals surface area contributed by atoms with Crippen LogP contribution >= 0.6 is 0 Å². The number of benzene rings is 9. The number of rotatable bonds is 3. The van der Waals surface area contributed by atoms with Crippen molar-refractivity contribution in [3.05, 3.63) is 36.4 Å². The van der Waals surface area contributed by atoms with Crippen LogP contribution in [0.1, 0.15) is 0 Å². The van der Waals surface area contributed by atoms with Crippen molar-refractivity contribution in [2.75, 3.05) is 0 Å². The molecule has 0 amide bonds. The third-order valence-corrected chi connectivity index (χ3v) is 13.1. The minimum Gasteiger partial charge on any atom is -0.110 e. The van der Waals surface area contributed by atoms with E-state index in [1.807, 2.05) is 24.3 Å². The van der Waals surface area contributed by atoms with Crippen molar-refractivity contribution in [2.24, 2.45) is 0 Å². The van der Waals surface area contributed by atoms with E-state index in [-0.39, 0.29) is 169 Å². The molecular formula is C44H6B22. The van der Waals surface area contributed by atoms with Gasteiger partial charge in [-0.2, -0.15) is 0 Å². The molecule has 9 rings (SSSR count). The van der Waals surface area contributed by atoms with Gasteiger partial charge in [0.15, 0.2) is 0 Å². The summed E-state index contributed by atoms with van der Waals surface area (Å²) in [6.07, 6.45) is 0. The fourth-order valence-corrected chi connectivity index (χ4v) is 9.57. The molecule has 0 aliphatic carbocycles. The quantitative estimate of drug-likeness (QED) is 0.124. The first-order valence-corrected chi connectivity index (χ1v) is 19.8. The summed E-state index contributed by atoms with van der Waals surface area (Å²) < 4.78 is 0. The monoisotopic (exact) mass is 776 g/mol. The molecule has 9 aromatic carbocycles. The highest BCUT2D eigenvalue weighted by atomic mass is 14.3. The van der Waals surface area contributed by atoms with Gasteiger partial charge < -0.3 is 0 Å². The van der Waals surface area contributed by atoms with Crippen molar-refractivity contribution < 1.29 is 0 Å². The van der Waals surface area contributed by atoms with E-state index in [4.69, 9.17) is 173 Å². The van der Waals surface area contributed by atoms with E-state index < -0.39 is 0 Å². The van der Waals surface area contributed by atoms with Crippen LogP contribution in [0.4, 0.5) is 0 Å². The van der Waals surface area contributed by atoms with Crippen molar-refractivity contribution >= 4 is 347 Å². The van der Waals surface area contributed by atoms with E-state index in [2.05, 4.69) is 0 Å². The molecule has 0 nitrogen and oxygen atoms in total. The lowest BCUT2D eigenvalue weighted by Crippen LogP contribution is -2.53. The molecule has 0 saturated heterocycles. The molecule has 0 unspecified atom stereocenters. The van der Waals surface area contributed by atoms with Crippen LogP contribution in [-0.2, 0) is 0 Å². The van der Waals surface area contributed by atoms with Crippen LogP contribution in [0.5, 0.6) is 0 Å². The Bertz CT molecular complexity index is 3690. The predicted molar refractivity (Wildman–Crippen MR) is 309 cm³/mol. The van der Waals surface area contributed by atoms with Gasteiger partial charge >= 0.3 is 0 Å². The summed E-state index contributed by atoms with van der Waals surface area (Å²) in [6.45, 7) is 0. The molecule has 0 saturated carbocycles. The number of hydrogen-bond donors (Lipinski definition) is 0. The minimum absolute atomic E-state index is 0.0169. The Balaban J connectivity index is 1.58. The van der Waals surface area contributed by atoms with Gasteiger partial charge in [0.25, 0.3) is 0 Å². The molecule has 66 heavy (non-hydrogen) atoms. The molecule has 22 heteroatoms. The highest BCUT2D eigenvalue weighted by Gasteiger charge is 2.29. The summed E-state index contributed by atoms with van der Waals surface area (Å²) in [4.78, 5) is 0. The van der Waals surface area contributed by atoms with Crippen LogP contribution in [0.15, 0.2) is 36.4 Å². The first kappa shape index (κ1) is 46.8. The van der Waals surface area contributed by atoms with E-state index in [1.54, 1.807) is 12.1 Å². The third-order valence-electron chi connectivity index (χ3n) is 13.1. The lowest BCUT2D eigenvalue weighted by atomic mass is 9.56. The average molecular weight is 772 g/mol. The zero-order chi connectivity index (χ0) is 48.2. The smallest absolute Gasteiger partial charge is 0.110 e. The molecule has 0 aliphatic rings. The highest BCUT2D eigenvalue weighted by Crippen LogP contribution is 2.45. The van der Waals surface area contributed by atoms with Gasteiger partial charge in [0.2, 0.25) is 0 Å². The van der Waals surface area contributed by atoms with Crippen molar-refractivity contribution in [3.8, 4) is 33.4 Å². The lowest BCUT2D eigenvalue weighted by Gasteiger charge is -2.32. The summed E-state index contributed by atoms with van der Waals surface area (Å²) in [5, 5.41) is 2.89. The predicted octanol–water partition coefficient (Wildman–Crippen LogP) is -14.1. The number of fused-ring (bicyclic) bond motifs is 5. The molecule has 248 valence electrons. The summed E-state index contributed by atoms with van der Waals surface area (Å²) in [7, 11) is 148. The van der Waals surface area contributed by atoms with Gasteiger partial charge in [-0.15, -0.1) is 54.6 Å². The van der Waals surface area contributed by atoms with Crippen LogP contribution in [0.25, 0.3) is 87.2 Å². The Morgan fingerprint density at radius 2 is 0.379 bits per heavy atom. The second-order valence-electron chi connectivity index (χ2n) is 16.3. The van der Waals surface area contributed by atoms with E-state index in [9.17, 15) is 0 Å². The summed E-state index contributed by atoms with van der Waals surface area (Å²) in [6, 6.07) is 10.9. The van der Waals surface area contributed by atoms with E-state index in [0.717, 1.165) is 0 Å². The molecule has 0 aliphatic heterocycles. The highest BCUT2D eigenvalue weighted by molar-refractivity contribution is 6.76. The fourth-order valence-electron chi connectivity index (χ4n) is 9.57. The van der Waals surface area contributed by atoms with E-state index in [0.29, 0.717) is 38.4 Å². The Morgan fingerprint density at radius 3 is 0.697 bits per heavy atom.